The molecule has 16 heavy (non-hydrogen) atoms. The van der Waals surface area contributed by atoms with Crippen molar-refractivity contribution in [2.75, 3.05) is 13.6 Å². The van der Waals surface area contributed by atoms with E-state index in [2.05, 4.69) is 5.92 Å². The molecule has 0 spiro atoms. The van der Waals surface area contributed by atoms with Crippen molar-refractivity contribution in [2.45, 2.75) is 0 Å². The maximum atomic E-state index is 11.7. The summed E-state index contributed by atoms with van der Waals surface area (Å²) >= 11 is 0. The molecule has 0 saturated carbocycles. The molecule has 5 nitrogen and oxygen atoms in total. The number of amides is 1. The minimum Gasteiger partial charge on any atom is -0.331 e. The molecule has 0 fully saturated rings. The van der Waals surface area contributed by atoms with Gasteiger partial charge in [-0.1, -0.05) is 12.0 Å². The summed E-state index contributed by atoms with van der Waals surface area (Å²) in [5.41, 5.74) is 0.145. The zero-order valence-corrected chi connectivity index (χ0v) is 8.71. The third kappa shape index (κ3) is 2.58. The van der Waals surface area contributed by atoms with Gasteiger partial charge in [0.15, 0.2) is 0 Å². The van der Waals surface area contributed by atoms with Gasteiger partial charge in [-0.3, -0.25) is 14.9 Å². The first-order valence-electron chi connectivity index (χ1n) is 4.49. The van der Waals surface area contributed by atoms with Crippen LogP contribution in [0.2, 0.25) is 0 Å². The van der Waals surface area contributed by atoms with Crippen LogP contribution in [0.1, 0.15) is 10.4 Å². The molecule has 5 heteroatoms. The van der Waals surface area contributed by atoms with Crippen molar-refractivity contribution in [3.63, 3.8) is 0 Å². The molecule has 0 unspecified atom stereocenters. The van der Waals surface area contributed by atoms with E-state index in [4.69, 9.17) is 6.42 Å². The van der Waals surface area contributed by atoms with Gasteiger partial charge in [0.2, 0.25) is 0 Å². The molecule has 0 aliphatic heterocycles. The number of nitro benzene ring substituents is 1. The summed E-state index contributed by atoms with van der Waals surface area (Å²) in [4.78, 5) is 23.0. The Balaban J connectivity index is 2.97. The van der Waals surface area contributed by atoms with Crippen LogP contribution < -0.4 is 0 Å². The number of carbonyl (C=O) groups excluding carboxylic acids is 1. The van der Waals surface area contributed by atoms with E-state index >= 15 is 0 Å². The fourth-order valence-corrected chi connectivity index (χ4v) is 1.18. The quantitative estimate of drug-likeness (QED) is 0.436. The highest BCUT2D eigenvalue weighted by Gasteiger charge is 2.14. The fourth-order valence-electron chi connectivity index (χ4n) is 1.18. The van der Waals surface area contributed by atoms with Crippen LogP contribution in [0, 0.1) is 22.5 Å². The number of carbonyl (C=O) groups is 1. The lowest BCUT2D eigenvalue weighted by Gasteiger charge is -2.13. The van der Waals surface area contributed by atoms with Crippen LogP contribution in [0.4, 0.5) is 5.69 Å². The Hall–Kier alpha value is -2.35. The number of terminal acetylenes is 1. The second-order valence-electron chi connectivity index (χ2n) is 3.17. The monoisotopic (exact) mass is 218 g/mol. The Morgan fingerprint density at radius 3 is 2.88 bits per heavy atom. The highest BCUT2D eigenvalue weighted by Crippen LogP contribution is 2.14. The van der Waals surface area contributed by atoms with Gasteiger partial charge in [0.05, 0.1) is 11.5 Å². The SMILES string of the molecule is C#CCN(C)C(=O)c1cccc([N+](=O)[O-])c1. The summed E-state index contributed by atoms with van der Waals surface area (Å²) in [6.45, 7) is 0.168. The van der Waals surface area contributed by atoms with E-state index in [9.17, 15) is 14.9 Å². The largest absolute Gasteiger partial charge is 0.331 e. The van der Waals surface area contributed by atoms with E-state index in [0.717, 1.165) is 0 Å². The van der Waals surface area contributed by atoms with E-state index in [-0.39, 0.29) is 23.7 Å². The van der Waals surface area contributed by atoms with Crippen LogP contribution in [-0.4, -0.2) is 29.3 Å². The molecule has 0 atom stereocenters. The second kappa shape index (κ2) is 4.94. The molecule has 0 saturated heterocycles. The first-order chi connectivity index (χ1) is 7.56. The van der Waals surface area contributed by atoms with Gasteiger partial charge in [-0.2, -0.15) is 0 Å². The van der Waals surface area contributed by atoms with Crippen molar-refractivity contribution in [1.29, 1.82) is 0 Å². The Morgan fingerprint density at radius 2 is 2.31 bits per heavy atom. The summed E-state index contributed by atoms with van der Waals surface area (Å²) in [6, 6.07) is 5.55. The zero-order valence-electron chi connectivity index (χ0n) is 8.71. The molecule has 1 amide bonds. The summed E-state index contributed by atoms with van der Waals surface area (Å²) < 4.78 is 0. The standard InChI is InChI=1S/C11H10N2O3/c1-3-7-12(2)11(14)9-5-4-6-10(8-9)13(15)16/h1,4-6,8H,7H2,2H3. The molecule has 0 aliphatic rings. The number of hydrogen-bond donors (Lipinski definition) is 0. The molecule has 82 valence electrons. The number of nitro groups is 1. The van der Waals surface area contributed by atoms with Gasteiger partial charge >= 0.3 is 0 Å². The van der Waals surface area contributed by atoms with Crippen LogP contribution in [-0.2, 0) is 0 Å². The van der Waals surface area contributed by atoms with Crippen molar-refractivity contribution in [2.24, 2.45) is 0 Å². The number of hydrogen-bond acceptors (Lipinski definition) is 3. The molecule has 1 aromatic carbocycles. The molecular formula is C11H10N2O3. The first-order valence-corrected chi connectivity index (χ1v) is 4.49. The molecule has 1 aromatic rings. The first kappa shape index (κ1) is 11.7. The van der Waals surface area contributed by atoms with E-state index in [1.54, 1.807) is 7.05 Å². The molecule has 0 heterocycles. The van der Waals surface area contributed by atoms with Crippen LogP contribution in [0.3, 0.4) is 0 Å². The number of benzene rings is 1. The Bertz CT molecular complexity index is 463. The van der Waals surface area contributed by atoms with Gasteiger partial charge in [-0.05, 0) is 6.07 Å². The summed E-state index contributed by atoms with van der Waals surface area (Å²) in [6.07, 6.45) is 5.07. The zero-order chi connectivity index (χ0) is 12.1. The van der Waals surface area contributed by atoms with E-state index in [0.29, 0.717) is 0 Å². The lowest BCUT2D eigenvalue weighted by atomic mass is 10.2. The lowest BCUT2D eigenvalue weighted by molar-refractivity contribution is -0.384. The van der Waals surface area contributed by atoms with Crippen LogP contribution in [0.5, 0.6) is 0 Å². The number of nitrogens with zero attached hydrogens (tertiary/aromatic N) is 2. The predicted molar refractivity (Wildman–Crippen MR) is 58.9 cm³/mol. The maximum absolute atomic E-state index is 11.7. The third-order valence-corrected chi connectivity index (χ3v) is 1.98. The van der Waals surface area contributed by atoms with Gasteiger partial charge < -0.3 is 4.90 Å². The van der Waals surface area contributed by atoms with Crippen molar-refractivity contribution in [1.82, 2.24) is 4.90 Å². The molecule has 0 aliphatic carbocycles. The Labute approximate surface area is 92.8 Å². The number of non-ortho nitro benzene ring substituents is 1. The van der Waals surface area contributed by atoms with E-state index in [1.165, 1.54) is 29.2 Å². The van der Waals surface area contributed by atoms with Crippen molar-refractivity contribution in [3.8, 4) is 12.3 Å². The van der Waals surface area contributed by atoms with E-state index in [1.807, 2.05) is 0 Å². The molecule has 0 radical (unpaired) electrons. The highest BCUT2D eigenvalue weighted by atomic mass is 16.6. The van der Waals surface area contributed by atoms with Gasteiger partial charge in [-0.15, -0.1) is 6.42 Å². The van der Waals surface area contributed by atoms with Gasteiger partial charge in [0, 0.05) is 24.7 Å². The number of rotatable bonds is 3. The van der Waals surface area contributed by atoms with Gasteiger partial charge in [0.25, 0.3) is 11.6 Å². The molecule has 1 rings (SSSR count). The van der Waals surface area contributed by atoms with Crippen molar-refractivity contribution >= 4 is 11.6 Å². The lowest BCUT2D eigenvalue weighted by Crippen LogP contribution is -2.26. The highest BCUT2D eigenvalue weighted by molar-refractivity contribution is 5.94. The average Bonchev–Trinajstić information content (AvgIpc) is 2.28. The molecule has 0 N–H and O–H groups in total. The molecular weight excluding hydrogens is 208 g/mol. The third-order valence-electron chi connectivity index (χ3n) is 1.98. The summed E-state index contributed by atoms with van der Waals surface area (Å²) in [5.74, 6) is 1.99. The van der Waals surface area contributed by atoms with Gasteiger partial charge in [-0.25, -0.2) is 0 Å². The minimum absolute atomic E-state index is 0.111. The average molecular weight is 218 g/mol. The molecule has 0 bridgehead atoms. The van der Waals surface area contributed by atoms with E-state index < -0.39 is 4.92 Å². The second-order valence-corrected chi connectivity index (χ2v) is 3.17. The summed E-state index contributed by atoms with van der Waals surface area (Å²) in [7, 11) is 1.54. The smallest absolute Gasteiger partial charge is 0.270 e. The topological polar surface area (TPSA) is 63.5 Å². The predicted octanol–water partition coefficient (Wildman–Crippen LogP) is 1.30. The van der Waals surface area contributed by atoms with Crippen molar-refractivity contribution in [3.05, 3.63) is 39.9 Å². The Morgan fingerprint density at radius 1 is 1.62 bits per heavy atom. The van der Waals surface area contributed by atoms with Crippen LogP contribution in [0.15, 0.2) is 24.3 Å². The molecule has 0 aromatic heterocycles. The van der Waals surface area contributed by atoms with Crippen molar-refractivity contribution < 1.29 is 9.72 Å². The normalized spacial score (nSPS) is 9.25. The van der Waals surface area contributed by atoms with Crippen LogP contribution in [0.25, 0.3) is 0 Å². The summed E-state index contributed by atoms with van der Waals surface area (Å²) in [5, 5.41) is 10.5. The van der Waals surface area contributed by atoms with Crippen LogP contribution >= 0.6 is 0 Å². The minimum atomic E-state index is -0.544. The maximum Gasteiger partial charge on any atom is 0.270 e. The van der Waals surface area contributed by atoms with Gasteiger partial charge in [0.1, 0.15) is 0 Å². The fraction of sp³-hybridized carbons (Fsp3) is 0.182. The Kier molecular flexibility index (Phi) is 3.62.